The van der Waals surface area contributed by atoms with Gasteiger partial charge in [-0.2, -0.15) is 0 Å². The summed E-state index contributed by atoms with van der Waals surface area (Å²) in [5, 5.41) is 8.21. The van der Waals surface area contributed by atoms with E-state index in [9.17, 15) is 0 Å². The molecule has 0 N–H and O–H groups in total. The van der Waals surface area contributed by atoms with Crippen LogP contribution in [0.4, 0.5) is 0 Å². The van der Waals surface area contributed by atoms with E-state index in [0.717, 1.165) is 55.2 Å². The van der Waals surface area contributed by atoms with Crippen molar-refractivity contribution in [2.24, 2.45) is 0 Å². The third kappa shape index (κ3) is 4.00. The van der Waals surface area contributed by atoms with Gasteiger partial charge in [-0.3, -0.25) is 0 Å². The van der Waals surface area contributed by atoms with Gasteiger partial charge in [-0.25, -0.2) is 0 Å². The van der Waals surface area contributed by atoms with E-state index in [0.29, 0.717) is 0 Å². The lowest BCUT2D eigenvalue weighted by Crippen LogP contribution is -1.90. The van der Waals surface area contributed by atoms with E-state index in [4.69, 9.17) is 8.83 Å². The predicted octanol–water partition coefficient (Wildman–Crippen LogP) is 13.3. The van der Waals surface area contributed by atoms with Gasteiger partial charge in [0.15, 0.2) is 11.2 Å². The summed E-state index contributed by atoms with van der Waals surface area (Å²) in [6.45, 7) is 0. The van der Waals surface area contributed by atoms with Gasteiger partial charge in [-0.1, -0.05) is 152 Å². The van der Waals surface area contributed by atoms with Crippen LogP contribution in [-0.2, 0) is 0 Å². The van der Waals surface area contributed by atoms with E-state index in [-0.39, 0.29) is 0 Å². The van der Waals surface area contributed by atoms with Gasteiger partial charge in [0.05, 0.1) is 6.26 Å². The highest BCUT2D eigenvalue weighted by Gasteiger charge is 2.19. The summed E-state index contributed by atoms with van der Waals surface area (Å²) in [7, 11) is 0. The summed E-state index contributed by atoms with van der Waals surface area (Å²) >= 11 is 0. The molecule has 0 fully saturated rings. The average molecular weight is 613 g/mol. The number of fused-ring (bicyclic) bond motifs is 7. The number of hydrogen-bond acceptors (Lipinski definition) is 2. The fourth-order valence-electron chi connectivity index (χ4n) is 7.59. The zero-order valence-corrected chi connectivity index (χ0v) is 26.0. The molecule has 0 aliphatic heterocycles. The molecule has 0 aliphatic carbocycles. The van der Waals surface area contributed by atoms with Crippen molar-refractivity contribution in [3.8, 4) is 44.5 Å². The molecule has 2 heterocycles. The Balaban J connectivity index is 1.13. The number of benzene rings is 8. The number of para-hydroxylation sites is 1. The lowest BCUT2D eigenvalue weighted by Gasteiger charge is -2.18. The first kappa shape index (κ1) is 26.8. The zero-order chi connectivity index (χ0) is 31.6. The second-order valence-electron chi connectivity index (χ2n) is 12.4. The van der Waals surface area contributed by atoms with Crippen LogP contribution in [0.25, 0.3) is 99.0 Å². The molecule has 2 aromatic heterocycles. The minimum absolute atomic E-state index is 0.779. The SMILES string of the molecule is c1ccc(-c2c3ccccc3c(-c3ccc(-c4cccc5c4oc4c5ccc5c(-c6ccccc6)coc54)cc3)c3ccccc23)cc1. The predicted molar refractivity (Wildman–Crippen MR) is 200 cm³/mol. The van der Waals surface area contributed by atoms with Gasteiger partial charge in [0.1, 0.15) is 5.58 Å². The van der Waals surface area contributed by atoms with Crippen LogP contribution in [0.2, 0.25) is 0 Å². The summed E-state index contributed by atoms with van der Waals surface area (Å²) < 4.78 is 12.9. The highest BCUT2D eigenvalue weighted by atomic mass is 16.4. The molecule has 0 saturated heterocycles. The molecule has 0 aliphatic rings. The molecule has 0 radical (unpaired) electrons. The van der Waals surface area contributed by atoms with E-state index in [1.54, 1.807) is 0 Å². The van der Waals surface area contributed by atoms with Crippen molar-refractivity contribution in [3.05, 3.63) is 170 Å². The molecule has 2 nitrogen and oxygen atoms in total. The summed E-state index contributed by atoms with van der Waals surface area (Å²) in [6.07, 6.45) is 1.84. The monoisotopic (exact) mass is 612 g/mol. The van der Waals surface area contributed by atoms with Crippen molar-refractivity contribution >= 4 is 54.5 Å². The standard InChI is InChI=1S/C46H28O2/c1-3-12-29(13-4-1)41-28-47-45-40(41)27-26-39-38-21-11-20-33(44(38)48-46(39)45)30-22-24-32(25-23-30)43-36-18-9-7-16-34(36)42(31-14-5-2-6-15-31)35-17-8-10-19-37(35)43/h1-28H. The lowest BCUT2D eigenvalue weighted by molar-refractivity contribution is 0.601. The Kier molecular flexibility index (Phi) is 5.91. The van der Waals surface area contributed by atoms with Gasteiger partial charge < -0.3 is 8.83 Å². The maximum Gasteiger partial charge on any atom is 0.178 e. The van der Waals surface area contributed by atoms with Crippen molar-refractivity contribution in [3.63, 3.8) is 0 Å². The minimum atomic E-state index is 0.779. The molecule has 0 saturated carbocycles. The molecule has 10 aromatic rings. The van der Waals surface area contributed by atoms with Crippen LogP contribution in [0, 0.1) is 0 Å². The quantitative estimate of drug-likeness (QED) is 0.185. The molecule has 0 atom stereocenters. The van der Waals surface area contributed by atoms with E-state index in [2.05, 4.69) is 158 Å². The maximum atomic E-state index is 6.69. The smallest absolute Gasteiger partial charge is 0.178 e. The van der Waals surface area contributed by atoms with Crippen LogP contribution in [0.5, 0.6) is 0 Å². The van der Waals surface area contributed by atoms with Gasteiger partial charge in [-0.05, 0) is 67.1 Å². The van der Waals surface area contributed by atoms with Gasteiger partial charge in [0.25, 0.3) is 0 Å². The Morgan fingerprint density at radius 2 is 0.729 bits per heavy atom. The normalized spacial score (nSPS) is 11.8. The van der Waals surface area contributed by atoms with Crippen molar-refractivity contribution in [2.45, 2.75) is 0 Å². The van der Waals surface area contributed by atoms with E-state index < -0.39 is 0 Å². The van der Waals surface area contributed by atoms with E-state index in [1.807, 2.05) is 12.3 Å². The van der Waals surface area contributed by atoms with Crippen LogP contribution in [0.3, 0.4) is 0 Å². The average Bonchev–Trinajstić information content (AvgIpc) is 3.77. The Bertz CT molecular complexity index is 2750. The van der Waals surface area contributed by atoms with Crippen molar-refractivity contribution in [1.82, 2.24) is 0 Å². The van der Waals surface area contributed by atoms with Crippen LogP contribution >= 0.6 is 0 Å². The van der Waals surface area contributed by atoms with Crippen molar-refractivity contribution in [2.75, 3.05) is 0 Å². The molecule has 10 rings (SSSR count). The van der Waals surface area contributed by atoms with Crippen LogP contribution in [0.1, 0.15) is 0 Å². The molecule has 48 heavy (non-hydrogen) atoms. The van der Waals surface area contributed by atoms with Gasteiger partial charge in [0, 0.05) is 27.3 Å². The summed E-state index contributed by atoms with van der Waals surface area (Å²) in [5.74, 6) is 0. The van der Waals surface area contributed by atoms with Crippen LogP contribution in [-0.4, -0.2) is 0 Å². The highest BCUT2D eigenvalue weighted by Crippen LogP contribution is 2.45. The van der Waals surface area contributed by atoms with Gasteiger partial charge in [0.2, 0.25) is 0 Å². The first-order valence-corrected chi connectivity index (χ1v) is 16.3. The van der Waals surface area contributed by atoms with E-state index >= 15 is 0 Å². The van der Waals surface area contributed by atoms with E-state index in [1.165, 1.54) is 43.8 Å². The maximum absolute atomic E-state index is 6.69. The molecule has 0 bridgehead atoms. The molecular formula is C46H28O2. The minimum Gasteiger partial charge on any atom is -0.460 e. The third-order valence-electron chi connectivity index (χ3n) is 9.77. The molecule has 0 unspecified atom stereocenters. The first-order chi connectivity index (χ1) is 23.8. The number of rotatable bonds is 4. The molecule has 2 heteroatoms. The Morgan fingerprint density at radius 1 is 0.271 bits per heavy atom. The number of furan rings is 2. The zero-order valence-electron chi connectivity index (χ0n) is 26.0. The van der Waals surface area contributed by atoms with Crippen molar-refractivity contribution < 1.29 is 8.83 Å². The fraction of sp³-hybridized carbons (Fsp3) is 0. The van der Waals surface area contributed by atoms with Gasteiger partial charge >= 0.3 is 0 Å². The fourth-order valence-corrected chi connectivity index (χ4v) is 7.59. The molecule has 0 spiro atoms. The summed E-state index contributed by atoms with van der Waals surface area (Å²) in [6, 6.07) is 58.3. The Hall–Kier alpha value is -6.38. The van der Waals surface area contributed by atoms with Gasteiger partial charge in [-0.15, -0.1) is 0 Å². The lowest BCUT2D eigenvalue weighted by atomic mass is 9.85. The third-order valence-corrected chi connectivity index (χ3v) is 9.77. The molecule has 0 amide bonds. The van der Waals surface area contributed by atoms with Crippen LogP contribution in [0.15, 0.2) is 179 Å². The summed E-state index contributed by atoms with van der Waals surface area (Å²) in [5.41, 5.74) is 11.8. The highest BCUT2D eigenvalue weighted by molar-refractivity contribution is 6.22. The largest absolute Gasteiger partial charge is 0.460 e. The number of hydrogen-bond donors (Lipinski definition) is 0. The second-order valence-corrected chi connectivity index (χ2v) is 12.4. The first-order valence-electron chi connectivity index (χ1n) is 16.3. The second kappa shape index (κ2) is 10.6. The Morgan fingerprint density at radius 3 is 1.35 bits per heavy atom. The molecule has 8 aromatic carbocycles. The molecular weight excluding hydrogens is 585 g/mol. The van der Waals surface area contributed by atoms with Crippen molar-refractivity contribution in [1.29, 1.82) is 0 Å². The summed E-state index contributed by atoms with van der Waals surface area (Å²) in [4.78, 5) is 0. The Labute approximate surface area is 277 Å². The van der Waals surface area contributed by atoms with Crippen LogP contribution < -0.4 is 0 Å². The molecule has 224 valence electrons. The topological polar surface area (TPSA) is 26.3 Å².